The van der Waals surface area contributed by atoms with Crippen molar-refractivity contribution in [1.29, 1.82) is 0 Å². The third kappa shape index (κ3) is 14.4. The van der Waals surface area contributed by atoms with E-state index in [4.69, 9.17) is 14.2 Å². The Kier molecular flexibility index (Phi) is 15.6. The largest absolute Gasteiger partial charge is 0.484 e. The molecule has 2 N–H and O–H groups in total. The molecule has 0 radical (unpaired) electrons. The lowest BCUT2D eigenvalue weighted by molar-refractivity contribution is -0.131. The van der Waals surface area contributed by atoms with Crippen LogP contribution in [-0.2, 0) is 49.9 Å². The van der Waals surface area contributed by atoms with Gasteiger partial charge in [0.05, 0.1) is 32.8 Å². The van der Waals surface area contributed by atoms with Gasteiger partial charge in [0.15, 0.2) is 6.61 Å². The SMILES string of the molecule is CNC(=O)CCCc1ccc(CCNC(=O)COc2ccc(CN(C)C(=O)CCOCCOCc3ccc(C)cc3)cc2)cc1. The molecule has 242 valence electrons. The molecule has 0 bridgehead atoms. The van der Waals surface area contributed by atoms with Crippen LogP contribution >= 0.6 is 0 Å². The van der Waals surface area contributed by atoms with Gasteiger partial charge in [-0.3, -0.25) is 14.4 Å². The molecule has 3 amide bonds. The van der Waals surface area contributed by atoms with Crippen LogP contribution in [0.1, 0.15) is 47.1 Å². The minimum Gasteiger partial charge on any atom is -0.484 e. The summed E-state index contributed by atoms with van der Waals surface area (Å²) in [6, 6.07) is 23.9. The molecule has 0 unspecified atom stereocenters. The normalized spacial score (nSPS) is 10.7. The van der Waals surface area contributed by atoms with Crippen molar-refractivity contribution in [2.24, 2.45) is 0 Å². The molecular weight excluding hydrogens is 570 g/mol. The summed E-state index contributed by atoms with van der Waals surface area (Å²) in [6.45, 7) is 4.79. The van der Waals surface area contributed by atoms with Gasteiger partial charge >= 0.3 is 0 Å². The Balaban J connectivity index is 1.23. The number of carbonyl (C=O) groups is 3. The van der Waals surface area contributed by atoms with Gasteiger partial charge in [0.2, 0.25) is 11.8 Å². The molecule has 0 aliphatic carbocycles. The van der Waals surface area contributed by atoms with Crippen LogP contribution < -0.4 is 15.4 Å². The standard InChI is InChI=1S/C36H47N3O6/c1-28-7-9-32(10-8-28)26-44-24-23-43-22-20-36(42)39(3)25-31-15-17-33(18-16-31)45-27-35(41)38-21-19-30-13-11-29(12-14-30)5-4-6-34(40)37-2/h7-18H,4-6,19-27H2,1-3H3,(H,37,40)(H,38,41). The van der Waals surface area contributed by atoms with E-state index in [0.29, 0.717) is 58.1 Å². The first kappa shape index (κ1) is 35.3. The minimum atomic E-state index is -0.185. The Hall–Kier alpha value is -4.21. The number of aryl methyl sites for hydroxylation is 2. The smallest absolute Gasteiger partial charge is 0.257 e. The average Bonchev–Trinajstić information content (AvgIpc) is 3.05. The van der Waals surface area contributed by atoms with Gasteiger partial charge in [-0.2, -0.15) is 0 Å². The number of carbonyl (C=O) groups excluding carboxylic acids is 3. The monoisotopic (exact) mass is 617 g/mol. The van der Waals surface area contributed by atoms with Gasteiger partial charge in [-0.15, -0.1) is 0 Å². The Bertz CT molecular complexity index is 1310. The predicted molar refractivity (Wildman–Crippen MR) is 175 cm³/mol. The maximum absolute atomic E-state index is 12.5. The van der Waals surface area contributed by atoms with Gasteiger partial charge in [-0.1, -0.05) is 66.2 Å². The zero-order valence-corrected chi connectivity index (χ0v) is 26.8. The van der Waals surface area contributed by atoms with Crippen LogP contribution in [-0.4, -0.2) is 69.7 Å². The maximum Gasteiger partial charge on any atom is 0.257 e. The van der Waals surface area contributed by atoms with E-state index < -0.39 is 0 Å². The summed E-state index contributed by atoms with van der Waals surface area (Å²) < 4.78 is 16.8. The molecule has 0 atom stereocenters. The molecule has 0 aromatic heterocycles. The van der Waals surface area contributed by atoms with Crippen LogP contribution in [0.2, 0.25) is 0 Å². The van der Waals surface area contributed by atoms with Gasteiger partial charge in [0.25, 0.3) is 5.91 Å². The molecule has 0 aliphatic rings. The fraction of sp³-hybridized carbons (Fsp3) is 0.417. The summed E-state index contributed by atoms with van der Waals surface area (Å²) in [5.41, 5.74) is 5.64. The first-order valence-corrected chi connectivity index (χ1v) is 15.5. The van der Waals surface area contributed by atoms with Crippen molar-refractivity contribution in [2.75, 3.05) is 47.1 Å². The van der Waals surface area contributed by atoms with Crippen molar-refractivity contribution in [2.45, 2.75) is 52.2 Å². The second kappa shape index (κ2) is 19.9. The third-order valence-electron chi connectivity index (χ3n) is 7.27. The molecule has 0 heterocycles. The number of nitrogens with one attached hydrogen (secondary N) is 2. The van der Waals surface area contributed by atoms with Gasteiger partial charge in [-0.25, -0.2) is 0 Å². The molecule has 3 rings (SSSR count). The minimum absolute atomic E-state index is 0.00128. The van der Waals surface area contributed by atoms with Crippen LogP contribution in [0.5, 0.6) is 5.75 Å². The fourth-order valence-electron chi connectivity index (χ4n) is 4.49. The topological polar surface area (TPSA) is 106 Å². The summed E-state index contributed by atoms with van der Waals surface area (Å²) in [5.74, 6) is 0.467. The van der Waals surface area contributed by atoms with Crippen LogP contribution in [0.15, 0.2) is 72.8 Å². The van der Waals surface area contributed by atoms with E-state index in [-0.39, 0.29) is 24.3 Å². The highest BCUT2D eigenvalue weighted by molar-refractivity contribution is 5.77. The molecule has 3 aromatic rings. The number of hydrogen-bond acceptors (Lipinski definition) is 6. The van der Waals surface area contributed by atoms with Crippen molar-refractivity contribution < 1.29 is 28.6 Å². The van der Waals surface area contributed by atoms with E-state index in [1.807, 2.05) is 12.1 Å². The van der Waals surface area contributed by atoms with Gasteiger partial charge in [-0.05, 0) is 60.6 Å². The second-order valence-electron chi connectivity index (χ2n) is 11.0. The van der Waals surface area contributed by atoms with Gasteiger partial charge < -0.3 is 29.7 Å². The van der Waals surface area contributed by atoms with E-state index in [1.54, 1.807) is 31.1 Å². The number of benzene rings is 3. The summed E-state index contributed by atoms with van der Waals surface area (Å²) >= 11 is 0. The zero-order valence-electron chi connectivity index (χ0n) is 26.8. The van der Waals surface area contributed by atoms with E-state index in [2.05, 4.69) is 66.1 Å². The highest BCUT2D eigenvalue weighted by Gasteiger charge is 2.10. The molecule has 0 fully saturated rings. The highest BCUT2D eigenvalue weighted by Crippen LogP contribution is 2.14. The van der Waals surface area contributed by atoms with E-state index in [0.717, 1.165) is 36.0 Å². The van der Waals surface area contributed by atoms with Crippen molar-refractivity contribution >= 4 is 17.7 Å². The quantitative estimate of drug-likeness (QED) is 0.182. The van der Waals surface area contributed by atoms with E-state index in [9.17, 15) is 14.4 Å². The van der Waals surface area contributed by atoms with Crippen LogP contribution in [0.25, 0.3) is 0 Å². The molecule has 0 spiro atoms. The molecule has 0 saturated carbocycles. The number of rotatable bonds is 20. The van der Waals surface area contributed by atoms with Crippen LogP contribution in [0.4, 0.5) is 0 Å². The number of nitrogens with zero attached hydrogens (tertiary/aromatic N) is 1. The Morgan fingerprint density at radius 2 is 1.33 bits per heavy atom. The number of ether oxygens (including phenoxy) is 3. The summed E-state index contributed by atoms with van der Waals surface area (Å²) in [4.78, 5) is 37.7. The zero-order chi connectivity index (χ0) is 32.3. The molecule has 45 heavy (non-hydrogen) atoms. The fourth-order valence-corrected chi connectivity index (χ4v) is 4.49. The molecule has 0 aliphatic heterocycles. The molecular formula is C36H47N3O6. The maximum atomic E-state index is 12.5. The Morgan fingerprint density at radius 3 is 2.02 bits per heavy atom. The lowest BCUT2D eigenvalue weighted by Gasteiger charge is -2.17. The second-order valence-corrected chi connectivity index (χ2v) is 11.0. The lowest BCUT2D eigenvalue weighted by Crippen LogP contribution is -2.30. The Morgan fingerprint density at radius 1 is 0.711 bits per heavy atom. The molecule has 9 nitrogen and oxygen atoms in total. The molecule has 0 saturated heterocycles. The highest BCUT2D eigenvalue weighted by atomic mass is 16.5. The predicted octanol–water partition coefficient (Wildman–Crippen LogP) is 4.38. The van der Waals surface area contributed by atoms with Crippen LogP contribution in [0.3, 0.4) is 0 Å². The molecule has 3 aromatic carbocycles. The Labute approximate surface area is 267 Å². The summed E-state index contributed by atoms with van der Waals surface area (Å²) in [6.07, 6.45) is 3.23. The average molecular weight is 618 g/mol. The lowest BCUT2D eigenvalue weighted by atomic mass is 10.0. The van der Waals surface area contributed by atoms with Crippen molar-refractivity contribution in [3.05, 3.63) is 101 Å². The number of hydrogen-bond donors (Lipinski definition) is 2. The van der Waals surface area contributed by atoms with Crippen LogP contribution in [0, 0.1) is 6.92 Å². The van der Waals surface area contributed by atoms with E-state index in [1.165, 1.54) is 11.1 Å². The van der Waals surface area contributed by atoms with Crippen molar-refractivity contribution in [3.63, 3.8) is 0 Å². The molecule has 9 heteroatoms. The third-order valence-corrected chi connectivity index (χ3v) is 7.27. The first-order chi connectivity index (χ1) is 21.8. The first-order valence-electron chi connectivity index (χ1n) is 15.5. The van der Waals surface area contributed by atoms with E-state index >= 15 is 0 Å². The summed E-state index contributed by atoms with van der Waals surface area (Å²) in [5, 5.41) is 5.52. The van der Waals surface area contributed by atoms with Gasteiger partial charge in [0, 0.05) is 33.6 Å². The number of amides is 3. The van der Waals surface area contributed by atoms with Crippen molar-refractivity contribution in [3.8, 4) is 5.75 Å². The van der Waals surface area contributed by atoms with Gasteiger partial charge in [0.1, 0.15) is 5.75 Å². The van der Waals surface area contributed by atoms with Crippen molar-refractivity contribution in [1.82, 2.24) is 15.5 Å². The summed E-state index contributed by atoms with van der Waals surface area (Å²) in [7, 11) is 3.42.